The number of para-hydroxylation sites is 2. The number of ether oxygens (including phenoxy) is 2. The lowest BCUT2D eigenvalue weighted by Crippen LogP contribution is -2.34. The summed E-state index contributed by atoms with van der Waals surface area (Å²) in [5.74, 6) is 1.38. The van der Waals surface area contributed by atoms with Crippen LogP contribution >= 0.6 is 0 Å². The largest absolute Gasteiger partial charge is 0.486 e. The second kappa shape index (κ2) is 4.90. The van der Waals surface area contributed by atoms with Crippen LogP contribution in [0.3, 0.4) is 0 Å². The summed E-state index contributed by atoms with van der Waals surface area (Å²) >= 11 is 0. The molecule has 2 aromatic rings. The molecule has 0 radical (unpaired) electrons. The quantitative estimate of drug-likeness (QED) is 0.896. The van der Waals surface area contributed by atoms with Crippen molar-refractivity contribution in [3.63, 3.8) is 0 Å². The van der Waals surface area contributed by atoms with E-state index >= 15 is 0 Å². The number of pyridine rings is 1. The number of aliphatic hydroxyl groups excluding tert-OH is 1. The molecule has 1 aliphatic rings. The molecular weight excluding hydrogens is 242 g/mol. The van der Waals surface area contributed by atoms with Gasteiger partial charge in [0.05, 0.1) is 0 Å². The molecule has 2 atom stereocenters. The number of aliphatic hydroxyl groups is 1. The van der Waals surface area contributed by atoms with Crippen LogP contribution in [0.15, 0.2) is 42.7 Å². The predicted octanol–water partition coefficient (Wildman–Crippen LogP) is 2.26. The van der Waals surface area contributed by atoms with Gasteiger partial charge in [-0.1, -0.05) is 18.2 Å². The molecule has 98 valence electrons. The standard InChI is InChI=1S/C15H15NO3/c1-10-6-11(8-16-7-10)15(17)14-9-18-12-4-2-3-5-13(12)19-14/h2-8,14-15,17H,9H2,1H3. The van der Waals surface area contributed by atoms with Crippen LogP contribution in [-0.2, 0) is 0 Å². The summed E-state index contributed by atoms with van der Waals surface area (Å²) in [6, 6.07) is 9.37. The van der Waals surface area contributed by atoms with Crippen LogP contribution in [-0.4, -0.2) is 22.8 Å². The van der Waals surface area contributed by atoms with Gasteiger partial charge in [0.2, 0.25) is 0 Å². The Kier molecular flexibility index (Phi) is 3.09. The molecule has 0 saturated carbocycles. The monoisotopic (exact) mass is 257 g/mol. The first kappa shape index (κ1) is 12.0. The van der Waals surface area contributed by atoms with E-state index in [4.69, 9.17) is 9.47 Å². The minimum Gasteiger partial charge on any atom is -0.486 e. The molecule has 0 aliphatic carbocycles. The Morgan fingerprint density at radius 1 is 1.26 bits per heavy atom. The Balaban J connectivity index is 1.81. The Morgan fingerprint density at radius 2 is 2.05 bits per heavy atom. The van der Waals surface area contributed by atoms with Crippen molar-refractivity contribution >= 4 is 0 Å². The summed E-state index contributed by atoms with van der Waals surface area (Å²) in [6.45, 7) is 2.27. The van der Waals surface area contributed by atoms with Crippen LogP contribution in [0.5, 0.6) is 11.5 Å². The van der Waals surface area contributed by atoms with E-state index in [1.807, 2.05) is 37.3 Å². The minimum atomic E-state index is -0.749. The van der Waals surface area contributed by atoms with Gasteiger partial charge in [0.1, 0.15) is 12.7 Å². The molecule has 1 N–H and O–H groups in total. The molecule has 4 nitrogen and oxygen atoms in total. The first-order valence-corrected chi connectivity index (χ1v) is 6.22. The molecule has 0 amide bonds. The molecule has 0 bridgehead atoms. The van der Waals surface area contributed by atoms with Gasteiger partial charge in [-0.25, -0.2) is 0 Å². The van der Waals surface area contributed by atoms with Crippen molar-refractivity contribution in [2.75, 3.05) is 6.61 Å². The van der Waals surface area contributed by atoms with Crippen LogP contribution in [0, 0.1) is 6.92 Å². The third-order valence-electron chi connectivity index (χ3n) is 3.12. The van der Waals surface area contributed by atoms with Gasteiger partial charge in [0, 0.05) is 18.0 Å². The summed E-state index contributed by atoms with van der Waals surface area (Å²) < 4.78 is 11.4. The predicted molar refractivity (Wildman–Crippen MR) is 70.3 cm³/mol. The maximum absolute atomic E-state index is 10.4. The van der Waals surface area contributed by atoms with Crippen LogP contribution in [0.2, 0.25) is 0 Å². The minimum absolute atomic E-state index is 0.326. The summed E-state index contributed by atoms with van der Waals surface area (Å²) in [6.07, 6.45) is 2.24. The van der Waals surface area contributed by atoms with Crippen LogP contribution < -0.4 is 9.47 Å². The fourth-order valence-electron chi connectivity index (χ4n) is 2.15. The molecule has 1 aromatic heterocycles. The van der Waals surface area contributed by atoms with Crippen molar-refractivity contribution in [3.05, 3.63) is 53.9 Å². The Hall–Kier alpha value is -2.07. The van der Waals surface area contributed by atoms with Gasteiger partial charge in [0.25, 0.3) is 0 Å². The molecule has 19 heavy (non-hydrogen) atoms. The summed E-state index contributed by atoms with van der Waals surface area (Å²) in [4.78, 5) is 4.09. The maximum atomic E-state index is 10.4. The molecule has 0 spiro atoms. The van der Waals surface area contributed by atoms with Crippen molar-refractivity contribution in [3.8, 4) is 11.5 Å². The highest BCUT2D eigenvalue weighted by atomic mass is 16.6. The smallest absolute Gasteiger partial charge is 0.163 e. The fraction of sp³-hybridized carbons (Fsp3) is 0.267. The zero-order valence-electron chi connectivity index (χ0n) is 10.6. The highest BCUT2D eigenvalue weighted by molar-refractivity contribution is 5.41. The average molecular weight is 257 g/mol. The van der Waals surface area contributed by atoms with Crippen molar-refractivity contribution < 1.29 is 14.6 Å². The van der Waals surface area contributed by atoms with E-state index in [-0.39, 0.29) is 0 Å². The number of benzene rings is 1. The van der Waals surface area contributed by atoms with Gasteiger partial charge in [0.15, 0.2) is 17.6 Å². The molecule has 2 unspecified atom stereocenters. The number of rotatable bonds is 2. The number of nitrogens with zero attached hydrogens (tertiary/aromatic N) is 1. The van der Waals surface area contributed by atoms with Crippen molar-refractivity contribution in [1.82, 2.24) is 4.98 Å². The second-order valence-corrected chi connectivity index (χ2v) is 4.65. The highest BCUT2D eigenvalue weighted by Crippen LogP contribution is 2.34. The lowest BCUT2D eigenvalue weighted by Gasteiger charge is -2.29. The van der Waals surface area contributed by atoms with Gasteiger partial charge in [-0.05, 0) is 24.6 Å². The van der Waals surface area contributed by atoms with Gasteiger partial charge in [-0.3, -0.25) is 4.98 Å². The molecule has 2 heterocycles. The Bertz CT molecular complexity index is 585. The van der Waals surface area contributed by atoms with Gasteiger partial charge in [-0.15, -0.1) is 0 Å². The Labute approximate surface area is 111 Å². The van der Waals surface area contributed by atoms with Gasteiger partial charge in [-0.2, -0.15) is 0 Å². The first-order valence-electron chi connectivity index (χ1n) is 6.22. The van der Waals surface area contributed by atoms with E-state index < -0.39 is 12.2 Å². The molecule has 1 aliphatic heterocycles. The molecule has 0 fully saturated rings. The third kappa shape index (κ3) is 2.39. The number of fused-ring (bicyclic) bond motifs is 1. The lowest BCUT2D eigenvalue weighted by atomic mass is 10.0. The summed E-state index contributed by atoms with van der Waals surface area (Å²) in [5.41, 5.74) is 1.75. The van der Waals surface area contributed by atoms with E-state index in [2.05, 4.69) is 4.98 Å². The third-order valence-corrected chi connectivity index (χ3v) is 3.12. The van der Waals surface area contributed by atoms with Gasteiger partial charge >= 0.3 is 0 Å². The van der Waals surface area contributed by atoms with Crippen LogP contribution in [0.25, 0.3) is 0 Å². The molecule has 1 aromatic carbocycles. The first-order chi connectivity index (χ1) is 9.24. The number of aromatic nitrogens is 1. The number of hydrogen-bond acceptors (Lipinski definition) is 4. The molecular formula is C15H15NO3. The average Bonchev–Trinajstić information content (AvgIpc) is 2.46. The lowest BCUT2D eigenvalue weighted by molar-refractivity contribution is -0.0114. The number of hydrogen-bond donors (Lipinski definition) is 1. The SMILES string of the molecule is Cc1cncc(C(O)C2COc3ccccc3O2)c1. The second-order valence-electron chi connectivity index (χ2n) is 4.65. The topological polar surface area (TPSA) is 51.6 Å². The molecule has 0 saturated heterocycles. The van der Waals surface area contributed by atoms with Crippen LogP contribution in [0.1, 0.15) is 17.2 Å². The van der Waals surface area contributed by atoms with Crippen molar-refractivity contribution in [2.24, 2.45) is 0 Å². The number of aryl methyl sites for hydroxylation is 1. The van der Waals surface area contributed by atoms with E-state index in [9.17, 15) is 5.11 Å². The summed E-state index contributed by atoms with van der Waals surface area (Å²) in [5, 5.41) is 10.4. The zero-order valence-corrected chi connectivity index (χ0v) is 10.6. The van der Waals surface area contributed by atoms with E-state index in [1.54, 1.807) is 12.4 Å². The zero-order chi connectivity index (χ0) is 13.2. The van der Waals surface area contributed by atoms with E-state index in [0.717, 1.165) is 11.1 Å². The molecule has 4 heteroatoms. The van der Waals surface area contributed by atoms with Crippen molar-refractivity contribution in [2.45, 2.75) is 19.1 Å². The molecule has 3 rings (SSSR count). The van der Waals surface area contributed by atoms with E-state index in [0.29, 0.717) is 18.1 Å². The Morgan fingerprint density at radius 3 is 2.84 bits per heavy atom. The maximum Gasteiger partial charge on any atom is 0.163 e. The fourth-order valence-corrected chi connectivity index (χ4v) is 2.15. The van der Waals surface area contributed by atoms with E-state index in [1.165, 1.54) is 0 Å². The normalized spacial score (nSPS) is 18.9. The highest BCUT2D eigenvalue weighted by Gasteiger charge is 2.28. The van der Waals surface area contributed by atoms with Crippen LogP contribution in [0.4, 0.5) is 0 Å². The summed E-state index contributed by atoms with van der Waals surface area (Å²) in [7, 11) is 0. The van der Waals surface area contributed by atoms with Crippen molar-refractivity contribution in [1.29, 1.82) is 0 Å². The van der Waals surface area contributed by atoms with Gasteiger partial charge < -0.3 is 14.6 Å².